The molecule has 27 heavy (non-hydrogen) atoms. The van der Waals surface area contributed by atoms with Crippen molar-refractivity contribution >= 4 is 11.3 Å². The van der Waals surface area contributed by atoms with Gasteiger partial charge in [-0.25, -0.2) is 4.98 Å². The predicted octanol–water partition coefficient (Wildman–Crippen LogP) is 4.48. The summed E-state index contributed by atoms with van der Waals surface area (Å²) in [4.78, 5) is 4.75. The molecule has 2 heterocycles. The SMILES string of the molecule is COc1ccc(-c2cn3cccc(OCc4ccc(C)cc4)c3n2)cc1N. The number of anilines is 1. The minimum absolute atomic E-state index is 0.498. The fourth-order valence-electron chi connectivity index (χ4n) is 2.98. The first-order chi connectivity index (χ1) is 13.1. The van der Waals surface area contributed by atoms with Gasteiger partial charge in [-0.15, -0.1) is 0 Å². The van der Waals surface area contributed by atoms with Gasteiger partial charge < -0.3 is 19.6 Å². The molecule has 0 saturated carbocycles. The first-order valence-corrected chi connectivity index (χ1v) is 8.74. The number of nitrogen functional groups attached to an aromatic ring is 1. The monoisotopic (exact) mass is 359 g/mol. The average Bonchev–Trinajstić information content (AvgIpc) is 3.12. The molecule has 2 aromatic carbocycles. The quantitative estimate of drug-likeness (QED) is 0.534. The molecule has 2 N–H and O–H groups in total. The van der Waals surface area contributed by atoms with Crippen molar-refractivity contribution < 1.29 is 9.47 Å². The first-order valence-electron chi connectivity index (χ1n) is 8.74. The third kappa shape index (κ3) is 3.44. The summed E-state index contributed by atoms with van der Waals surface area (Å²) in [5, 5.41) is 0. The number of hydrogen-bond acceptors (Lipinski definition) is 4. The molecule has 0 aliphatic rings. The number of methoxy groups -OCH3 is 1. The van der Waals surface area contributed by atoms with Crippen molar-refractivity contribution in [3.63, 3.8) is 0 Å². The fraction of sp³-hybridized carbons (Fsp3) is 0.136. The molecule has 0 bridgehead atoms. The zero-order chi connectivity index (χ0) is 18.8. The van der Waals surface area contributed by atoms with Crippen LogP contribution < -0.4 is 15.2 Å². The Morgan fingerprint density at radius 3 is 2.59 bits per heavy atom. The lowest BCUT2D eigenvalue weighted by Gasteiger charge is -2.07. The largest absolute Gasteiger partial charge is 0.495 e. The summed E-state index contributed by atoms with van der Waals surface area (Å²) in [7, 11) is 1.61. The maximum Gasteiger partial charge on any atom is 0.180 e. The van der Waals surface area contributed by atoms with Gasteiger partial charge in [0.15, 0.2) is 11.4 Å². The summed E-state index contributed by atoms with van der Waals surface area (Å²) >= 11 is 0. The Hall–Kier alpha value is -3.47. The first kappa shape index (κ1) is 17.0. The number of aromatic nitrogens is 2. The van der Waals surface area contributed by atoms with E-state index in [0.717, 1.165) is 28.2 Å². The van der Waals surface area contributed by atoms with Crippen molar-refractivity contribution in [2.24, 2.45) is 0 Å². The Kier molecular flexibility index (Phi) is 4.42. The Morgan fingerprint density at radius 2 is 1.85 bits per heavy atom. The minimum Gasteiger partial charge on any atom is -0.495 e. The molecule has 0 aliphatic heterocycles. The van der Waals surface area contributed by atoms with Crippen molar-refractivity contribution in [3.8, 4) is 22.8 Å². The number of imidazole rings is 1. The summed E-state index contributed by atoms with van der Waals surface area (Å²) in [6.07, 6.45) is 3.92. The highest BCUT2D eigenvalue weighted by Gasteiger charge is 2.11. The van der Waals surface area contributed by atoms with Gasteiger partial charge in [0.05, 0.1) is 18.5 Å². The molecule has 4 aromatic rings. The smallest absolute Gasteiger partial charge is 0.180 e. The van der Waals surface area contributed by atoms with E-state index in [0.29, 0.717) is 18.0 Å². The summed E-state index contributed by atoms with van der Waals surface area (Å²) in [6, 6.07) is 17.9. The third-order valence-electron chi connectivity index (χ3n) is 4.49. The van der Waals surface area contributed by atoms with Crippen molar-refractivity contribution in [3.05, 3.63) is 78.1 Å². The van der Waals surface area contributed by atoms with E-state index in [2.05, 4.69) is 31.2 Å². The molecule has 4 rings (SSSR count). The Labute approximate surface area is 158 Å². The van der Waals surface area contributed by atoms with Crippen LogP contribution in [0.2, 0.25) is 0 Å². The molecule has 0 atom stereocenters. The molecular weight excluding hydrogens is 338 g/mol. The molecule has 0 radical (unpaired) electrons. The van der Waals surface area contributed by atoms with Gasteiger partial charge in [-0.3, -0.25) is 0 Å². The van der Waals surface area contributed by atoms with Gasteiger partial charge >= 0.3 is 0 Å². The lowest BCUT2D eigenvalue weighted by atomic mass is 10.1. The Bertz CT molecular complexity index is 1080. The normalized spacial score (nSPS) is 10.9. The second-order valence-electron chi connectivity index (χ2n) is 6.46. The van der Waals surface area contributed by atoms with Crippen molar-refractivity contribution in [2.45, 2.75) is 13.5 Å². The molecule has 0 unspecified atom stereocenters. The van der Waals surface area contributed by atoms with E-state index in [1.807, 2.05) is 47.1 Å². The van der Waals surface area contributed by atoms with Crippen LogP contribution in [-0.2, 0) is 6.61 Å². The van der Waals surface area contributed by atoms with Gasteiger partial charge in [0.1, 0.15) is 12.4 Å². The summed E-state index contributed by atoms with van der Waals surface area (Å²) in [6.45, 7) is 2.57. The lowest BCUT2D eigenvalue weighted by Crippen LogP contribution is -1.97. The number of hydrogen-bond donors (Lipinski definition) is 1. The fourth-order valence-corrected chi connectivity index (χ4v) is 2.98. The third-order valence-corrected chi connectivity index (χ3v) is 4.49. The number of rotatable bonds is 5. The van der Waals surface area contributed by atoms with Gasteiger partial charge in [0, 0.05) is 18.0 Å². The molecule has 5 heteroatoms. The Morgan fingerprint density at radius 1 is 1.04 bits per heavy atom. The minimum atomic E-state index is 0.498. The zero-order valence-corrected chi connectivity index (χ0v) is 15.3. The molecule has 0 spiro atoms. The molecular formula is C22H21N3O2. The second kappa shape index (κ2) is 7.03. The van der Waals surface area contributed by atoms with Crippen LogP contribution in [0.4, 0.5) is 5.69 Å². The summed E-state index contributed by atoms with van der Waals surface area (Å²) in [5.41, 5.74) is 11.5. The predicted molar refractivity (Wildman–Crippen MR) is 107 cm³/mol. The van der Waals surface area contributed by atoms with E-state index >= 15 is 0 Å². The zero-order valence-electron chi connectivity index (χ0n) is 15.3. The highest BCUT2D eigenvalue weighted by atomic mass is 16.5. The molecule has 0 saturated heterocycles. The van der Waals surface area contributed by atoms with Gasteiger partial charge in [-0.1, -0.05) is 29.8 Å². The highest BCUT2D eigenvalue weighted by molar-refractivity contribution is 5.71. The second-order valence-corrected chi connectivity index (χ2v) is 6.46. The lowest BCUT2D eigenvalue weighted by molar-refractivity contribution is 0.308. The van der Waals surface area contributed by atoms with Crippen LogP contribution in [0.5, 0.6) is 11.5 Å². The van der Waals surface area contributed by atoms with E-state index in [4.69, 9.17) is 20.2 Å². The maximum atomic E-state index is 6.03. The van der Waals surface area contributed by atoms with Crippen LogP contribution in [0.25, 0.3) is 16.9 Å². The highest BCUT2D eigenvalue weighted by Crippen LogP contribution is 2.29. The number of nitrogens with zero attached hydrogens (tertiary/aromatic N) is 2. The van der Waals surface area contributed by atoms with Crippen molar-refractivity contribution in [1.82, 2.24) is 9.38 Å². The van der Waals surface area contributed by atoms with Gasteiger partial charge in [0.25, 0.3) is 0 Å². The Balaban J connectivity index is 1.63. The van der Waals surface area contributed by atoms with Crippen LogP contribution in [0.1, 0.15) is 11.1 Å². The number of benzene rings is 2. The number of fused-ring (bicyclic) bond motifs is 1. The molecule has 136 valence electrons. The molecule has 2 aromatic heterocycles. The molecule has 0 aliphatic carbocycles. The molecule has 5 nitrogen and oxygen atoms in total. The van der Waals surface area contributed by atoms with Crippen molar-refractivity contribution in [2.75, 3.05) is 12.8 Å². The van der Waals surface area contributed by atoms with E-state index < -0.39 is 0 Å². The molecule has 0 fully saturated rings. The average molecular weight is 359 g/mol. The van der Waals surface area contributed by atoms with E-state index in [-0.39, 0.29) is 0 Å². The number of nitrogens with two attached hydrogens (primary N) is 1. The van der Waals surface area contributed by atoms with Crippen LogP contribution in [0.3, 0.4) is 0 Å². The standard InChI is InChI=1S/C22H21N3O2/c1-15-5-7-16(8-6-15)14-27-21-4-3-11-25-13-19(24-22(21)25)17-9-10-20(26-2)18(23)12-17/h3-13H,14,23H2,1-2H3. The topological polar surface area (TPSA) is 61.8 Å². The van der Waals surface area contributed by atoms with Crippen LogP contribution in [-0.4, -0.2) is 16.5 Å². The number of pyridine rings is 1. The van der Waals surface area contributed by atoms with E-state index in [9.17, 15) is 0 Å². The van der Waals surface area contributed by atoms with Gasteiger partial charge in [-0.2, -0.15) is 0 Å². The number of aryl methyl sites for hydroxylation is 1. The molecule has 0 amide bonds. The van der Waals surface area contributed by atoms with E-state index in [1.54, 1.807) is 7.11 Å². The van der Waals surface area contributed by atoms with Crippen LogP contribution in [0, 0.1) is 6.92 Å². The summed E-state index contributed by atoms with van der Waals surface area (Å²) in [5.74, 6) is 1.40. The summed E-state index contributed by atoms with van der Waals surface area (Å²) < 4.78 is 13.2. The van der Waals surface area contributed by atoms with Crippen molar-refractivity contribution in [1.29, 1.82) is 0 Å². The number of ether oxygens (including phenoxy) is 2. The van der Waals surface area contributed by atoms with Crippen LogP contribution >= 0.6 is 0 Å². The van der Waals surface area contributed by atoms with Gasteiger partial charge in [0.2, 0.25) is 0 Å². The van der Waals surface area contributed by atoms with E-state index in [1.165, 1.54) is 5.56 Å². The van der Waals surface area contributed by atoms with Crippen LogP contribution in [0.15, 0.2) is 67.0 Å². The van der Waals surface area contributed by atoms with Gasteiger partial charge in [-0.05, 0) is 42.8 Å². The maximum absolute atomic E-state index is 6.03.